The SMILES string of the molecule is COc1cc2c(cc1Nc1ncc3ccc(-c4ccccc4NCS(C)(=O)=O)n3n1)CN(CC(N)=O)C2. The lowest BCUT2D eigenvalue weighted by Gasteiger charge is -2.14. The molecular weight excluding hydrogens is 494 g/mol. The molecule has 1 amide bonds. The van der Waals surface area contributed by atoms with Crippen molar-refractivity contribution >= 4 is 38.6 Å². The minimum atomic E-state index is -3.20. The highest BCUT2D eigenvalue weighted by molar-refractivity contribution is 7.90. The number of hydrogen-bond acceptors (Lipinski definition) is 9. The molecule has 0 unspecified atom stereocenters. The number of sulfone groups is 1. The minimum Gasteiger partial charge on any atom is -0.495 e. The number of carbonyl (C=O) groups excluding carboxylic acids is 1. The van der Waals surface area contributed by atoms with Crippen molar-refractivity contribution in [2.75, 3.05) is 36.4 Å². The second-order valence-electron chi connectivity index (χ2n) is 8.99. The van der Waals surface area contributed by atoms with Gasteiger partial charge >= 0.3 is 0 Å². The summed E-state index contributed by atoms with van der Waals surface area (Å²) in [5.41, 5.74) is 11.3. The summed E-state index contributed by atoms with van der Waals surface area (Å²) >= 11 is 0. The topological polar surface area (TPSA) is 144 Å². The Morgan fingerprint density at radius 1 is 1.11 bits per heavy atom. The number of rotatable bonds is 9. The summed E-state index contributed by atoms with van der Waals surface area (Å²) in [6, 6.07) is 15.2. The number of fused-ring (bicyclic) bond motifs is 2. The minimum absolute atomic E-state index is 0.176. The molecule has 1 aliphatic heterocycles. The van der Waals surface area contributed by atoms with Crippen LogP contribution in [0, 0.1) is 0 Å². The first-order valence-corrected chi connectivity index (χ1v) is 13.6. The maximum Gasteiger partial charge on any atom is 0.245 e. The molecule has 0 atom stereocenters. The van der Waals surface area contributed by atoms with Crippen LogP contribution < -0.4 is 21.1 Å². The molecule has 0 saturated heterocycles. The quantitative estimate of drug-likeness (QED) is 0.302. The predicted molar refractivity (Wildman–Crippen MR) is 141 cm³/mol. The lowest BCUT2D eigenvalue weighted by atomic mass is 10.1. The van der Waals surface area contributed by atoms with Gasteiger partial charge in [-0.15, -0.1) is 5.10 Å². The zero-order chi connectivity index (χ0) is 26.2. The van der Waals surface area contributed by atoms with Crippen LogP contribution in [0.3, 0.4) is 0 Å². The van der Waals surface area contributed by atoms with Crippen LogP contribution in [-0.2, 0) is 27.7 Å². The number of hydrogen-bond donors (Lipinski definition) is 3. The largest absolute Gasteiger partial charge is 0.495 e. The molecule has 4 aromatic rings. The third kappa shape index (κ3) is 5.34. The second-order valence-corrected chi connectivity index (χ2v) is 11.1. The molecule has 4 N–H and O–H groups in total. The standard InChI is InChI=1S/C25H27N7O4S/c1-36-23-10-17-13-31(14-24(26)33)12-16(17)9-21(23)29-25-27-11-18-7-8-22(32(18)30-25)19-5-3-4-6-20(19)28-15-37(2,34)35/h3-11,28H,12-15H2,1-2H3,(H2,26,33)(H,29,30). The molecule has 3 heterocycles. The first-order valence-electron chi connectivity index (χ1n) is 11.5. The third-order valence-corrected chi connectivity index (χ3v) is 6.73. The molecule has 12 heteroatoms. The van der Waals surface area contributed by atoms with Gasteiger partial charge in [-0.05, 0) is 41.5 Å². The van der Waals surface area contributed by atoms with E-state index in [1.807, 2.05) is 53.4 Å². The number of methoxy groups -OCH3 is 1. The van der Waals surface area contributed by atoms with Crippen LogP contribution in [0.25, 0.3) is 16.8 Å². The number of ether oxygens (including phenoxy) is 1. The Morgan fingerprint density at radius 2 is 1.86 bits per heavy atom. The number of nitrogens with two attached hydrogens (primary N) is 1. The highest BCUT2D eigenvalue weighted by atomic mass is 32.2. The average molecular weight is 522 g/mol. The summed E-state index contributed by atoms with van der Waals surface area (Å²) in [6.07, 6.45) is 2.89. The Hall–Kier alpha value is -4.16. The molecule has 0 fully saturated rings. The highest BCUT2D eigenvalue weighted by Gasteiger charge is 2.23. The highest BCUT2D eigenvalue weighted by Crippen LogP contribution is 2.35. The van der Waals surface area contributed by atoms with Crippen molar-refractivity contribution in [2.24, 2.45) is 5.73 Å². The van der Waals surface area contributed by atoms with Gasteiger partial charge in [0, 0.05) is 30.6 Å². The number of carbonyl (C=O) groups is 1. The first kappa shape index (κ1) is 24.5. The predicted octanol–water partition coefficient (Wildman–Crippen LogP) is 2.36. The Labute approximate surface area is 214 Å². The van der Waals surface area contributed by atoms with Crippen LogP contribution in [-0.4, -0.2) is 59.6 Å². The van der Waals surface area contributed by atoms with Crippen LogP contribution in [0.2, 0.25) is 0 Å². The van der Waals surface area contributed by atoms with Gasteiger partial charge < -0.3 is 21.1 Å². The molecule has 0 radical (unpaired) electrons. The fourth-order valence-corrected chi connectivity index (χ4v) is 4.87. The molecule has 2 aromatic heterocycles. The van der Waals surface area contributed by atoms with Gasteiger partial charge in [-0.1, -0.05) is 18.2 Å². The summed E-state index contributed by atoms with van der Waals surface area (Å²) in [4.78, 5) is 17.8. The van der Waals surface area contributed by atoms with Gasteiger partial charge in [-0.2, -0.15) is 0 Å². The van der Waals surface area contributed by atoms with Gasteiger partial charge in [0.1, 0.15) is 11.6 Å². The van der Waals surface area contributed by atoms with Crippen LogP contribution in [0.1, 0.15) is 11.1 Å². The Kier molecular flexibility index (Phi) is 6.44. The van der Waals surface area contributed by atoms with Gasteiger partial charge in [0.15, 0.2) is 9.84 Å². The third-order valence-electron chi connectivity index (χ3n) is 6.06. The number of amides is 1. The number of benzene rings is 2. The van der Waals surface area contributed by atoms with Crippen LogP contribution in [0.4, 0.5) is 17.3 Å². The number of nitrogens with zero attached hydrogens (tertiary/aromatic N) is 4. The van der Waals surface area contributed by atoms with E-state index in [2.05, 4.69) is 15.6 Å². The number of para-hydroxylation sites is 1. The molecule has 37 heavy (non-hydrogen) atoms. The number of primary amides is 1. The summed E-state index contributed by atoms with van der Waals surface area (Å²) < 4.78 is 30.7. The van der Waals surface area contributed by atoms with E-state index in [4.69, 9.17) is 15.6 Å². The summed E-state index contributed by atoms with van der Waals surface area (Å²) in [5.74, 6) is 0.447. The zero-order valence-corrected chi connectivity index (χ0v) is 21.2. The van der Waals surface area contributed by atoms with E-state index in [1.165, 1.54) is 6.26 Å². The molecule has 2 aromatic carbocycles. The van der Waals surface area contributed by atoms with E-state index >= 15 is 0 Å². The van der Waals surface area contributed by atoms with Crippen molar-refractivity contribution in [1.29, 1.82) is 0 Å². The maximum atomic E-state index is 11.7. The van der Waals surface area contributed by atoms with Crippen LogP contribution in [0.15, 0.2) is 54.7 Å². The van der Waals surface area contributed by atoms with Crippen molar-refractivity contribution in [1.82, 2.24) is 19.5 Å². The van der Waals surface area contributed by atoms with Gasteiger partial charge in [0.2, 0.25) is 11.9 Å². The maximum absolute atomic E-state index is 11.7. The summed E-state index contributed by atoms with van der Waals surface area (Å²) in [7, 11) is -1.61. The van der Waals surface area contributed by atoms with E-state index in [-0.39, 0.29) is 18.3 Å². The average Bonchev–Trinajstić information content (AvgIpc) is 3.44. The summed E-state index contributed by atoms with van der Waals surface area (Å²) in [6.45, 7) is 1.42. The molecule has 0 aliphatic carbocycles. The van der Waals surface area contributed by atoms with E-state index in [1.54, 1.807) is 17.8 Å². The first-order chi connectivity index (χ1) is 17.7. The number of anilines is 3. The smallest absolute Gasteiger partial charge is 0.245 e. The molecule has 5 rings (SSSR count). The fraction of sp³-hybridized carbons (Fsp3) is 0.240. The zero-order valence-electron chi connectivity index (χ0n) is 20.4. The molecular formula is C25H27N7O4S. The van der Waals surface area contributed by atoms with Gasteiger partial charge in [0.05, 0.1) is 36.7 Å². The molecule has 11 nitrogen and oxygen atoms in total. The van der Waals surface area contributed by atoms with Crippen LogP contribution in [0.5, 0.6) is 5.75 Å². The number of nitrogens with one attached hydrogen (secondary N) is 2. The molecule has 0 bridgehead atoms. The van der Waals surface area contributed by atoms with E-state index in [0.29, 0.717) is 36.2 Å². The Bertz CT molecular complexity index is 1600. The second kappa shape index (κ2) is 9.71. The Morgan fingerprint density at radius 3 is 2.59 bits per heavy atom. The normalized spacial score (nSPS) is 13.5. The van der Waals surface area contributed by atoms with Crippen LogP contribution >= 0.6 is 0 Å². The van der Waals surface area contributed by atoms with E-state index < -0.39 is 9.84 Å². The monoisotopic (exact) mass is 521 g/mol. The lowest BCUT2D eigenvalue weighted by molar-refractivity contribution is -0.119. The molecule has 1 aliphatic rings. The van der Waals surface area contributed by atoms with Gasteiger partial charge in [-0.25, -0.2) is 17.9 Å². The lowest BCUT2D eigenvalue weighted by Crippen LogP contribution is -2.29. The number of aromatic nitrogens is 3. The van der Waals surface area contributed by atoms with Crippen molar-refractivity contribution < 1.29 is 17.9 Å². The molecule has 0 saturated carbocycles. The van der Waals surface area contributed by atoms with Crippen molar-refractivity contribution in [3.05, 3.63) is 65.9 Å². The van der Waals surface area contributed by atoms with Gasteiger partial charge in [0.25, 0.3) is 0 Å². The molecule has 0 spiro atoms. The Balaban J connectivity index is 1.46. The van der Waals surface area contributed by atoms with Crippen molar-refractivity contribution in [2.45, 2.75) is 13.1 Å². The fourth-order valence-electron chi connectivity index (χ4n) is 4.45. The van der Waals surface area contributed by atoms with E-state index in [0.717, 1.165) is 27.9 Å². The molecule has 192 valence electrons. The summed E-state index contributed by atoms with van der Waals surface area (Å²) in [5, 5.41) is 11.0. The van der Waals surface area contributed by atoms with Gasteiger partial charge in [-0.3, -0.25) is 9.69 Å². The van der Waals surface area contributed by atoms with Crippen molar-refractivity contribution in [3.63, 3.8) is 0 Å². The van der Waals surface area contributed by atoms with E-state index in [9.17, 15) is 13.2 Å². The van der Waals surface area contributed by atoms with Crippen molar-refractivity contribution in [3.8, 4) is 17.0 Å².